The lowest BCUT2D eigenvalue weighted by Gasteiger charge is -2.12. The zero-order valence-corrected chi connectivity index (χ0v) is 19.3. The fraction of sp³-hybridized carbons (Fsp3) is 0.261. The standard InChI is InChI=1S/C23H25FN2O3S2/c1-15-4-6-17(7-5-15)23(30)22-16(2)12-20(26(22)3)13-18-8-9-19(14-21(18)24)25-31(28,29)11-10-27/h4-9,12,14,25,27H,10-11,13H2,1-3H3. The van der Waals surface area contributed by atoms with E-state index >= 15 is 0 Å². The highest BCUT2D eigenvalue weighted by molar-refractivity contribution is 7.92. The summed E-state index contributed by atoms with van der Waals surface area (Å²) in [5.74, 6) is -0.950. The Bertz CT molecular complexity index is 1220. The third kappa shape index (κ3) is 5.39. The molecule has 5 nitrogen and oxygen atoms in total. The zero-order valence-electron chi connectivity index (χ0n) is 17.6. The summed E-state index contributed by atoms with van der Waals surface area (Å²) in [5.41, 5.74) is 5.52. The van der Waals surface area contributed by atoms with Gasteiger partial charge in [-0.2, -0.15) is 0 Å². The Hall–Kier alpha value is -2.55. The first-order valence-corrected chi connectivity index (χ1v) is 11.8. The molecule has 0 saturated heterocycles. The molecule has 0 fully saturated rings. The summed E-state index contributed by atoms with van der Waals surface area (Å²) >= 11 is 5.72. The molecule has 3 aromatic rings. The van der Waals surface area contributed by atoms with E-state index < -0.39 is 28.2 Å². The van der Waals surface area contributed by atoms with Gasteiger partial charge in [0.15, 0.2) is 0 Å². The molecule has 0 unspecified atom stereocenters. The Morgan fingerprint density at radius 3 is 2.42 bits per heavy atom. The van der Waals surface area contributed by atoms with Gasteiger partial charge in [0, 0.05) is 19.2 Å². The van der Waals surface area contributed by atoms with Crippen molar-refractivity contribution in [3.63, 3.8) is 0 Å². The number of aliphatic hydroxyl groups excluding tert-OH is 1. The van der Waals surface area contributed by atoms with E-state index in [0.29, 0.717) is 12.0 Å². The van der Waals surface area contributed by atoms with Crippen molar-refractivity contribution in [3.8, 4) is 0 Å². The van der Waals surface area contributed by atoms with E-state index in [2.05, 4.69) is 4.72 Å². The van der Waals surface area contributed by atoms with E-state index in [1.54, 1.807) is 6.07 Å². The number of hydrogen-bond acceptors (Lipinski definition) is 4. The lowest BCUT2D eigenvalue weighted by Crippen LogP contribution is -2.19. The molecule has 0 saturated carbocycles. The topological polar surface area (TPSA) is 71.3 Å². The second kappa shape index (κ2) is 9.30. The van der Waals surface area contributed by atoms with Crippen molar-refractivity contribution in [2.24, 2.45) is 7.05 Å². The van der Waals surface area contributed by atoms with Gasteiger partial charge in [0.05, 0.1) is 28.6 Å². The number of nitrogens with zero attached hydrogens (tertiary/aromatic N) is 1. The van der Waals surface area contributed by atoms with Gasteiger partial charge in [0.1, 0.15) is 5.82 Å². The fourth-order valence-corrected chi connectivity index (χ4v) is 4.73. The zero-order chi connectivity index (χ0) is 22.8. The highest BCUT2D eigenvalue weighted by Crippen LogP contribution is 2.24. The third-order valence-corrected chi connectivity index (χ3v) is 6.81. The third-order valence-electron chi connectivity index (χ3n) is 5.11. The number of hydrogen-bond donors (Lipinski definition) is 2. The average Bonchev–Trinajstić information content (AvgIpc) is 2.97. The first-order valence-electron chi connectivity index (χ1n) is 9.77. The van der Waals surface area contributed by atoms with Crippen molar-refractivity contribution in [2.45, 2.75) is 20.3 Å². The maximum Gasteiger partial charge on any atom is 0.234 e. The van der Waals surface area contributed by atoms with E-state index in [-0.39, 0.29) is 5.69 Å². The second-order valence-electron chi connectivity index (χ2n) is 7.55. The van der Waals surface area contributed by atoms with Crippen molar-refractivity contribution in [2.75, 3.05) is 17.1 Å². The molecule has 164 valence electrons. The van der Waals surface area contributed by atoms with Crippen molar-refractivity contribution in [3.05, 3.63) is 88.0 Å². The van der Waals surface area contributed by atoms with Gasteiger partial charge in [-0.05, 0) is 48.7 Å². The van der Waals surface area contributed by atoms with Crippen LogP contribution in [-0.2, 0) is 23.5 Å². The van der Waals surface area contributed by atoms with E-state index in [0.717, 1.165) is 39.0 Å². The van der Waals surface area contributed by atoms with Gasteiger partial charge in [-0.25, -0.2) is 12.8 Å². The second-order valence-corrected chi connectivity index (χ2v) is 9.80. The van der Waals surface area contributed by atoms with Gasteiger partial charge in [0.2, 0.25) is 10.0 Å². The van der Waals surface area contributed by atoms with Crippen LogP contribution in [0.1, 0.15) is 33.6 Å². The highest BCUT2D eigenvalue weighted by atomic mass is 32.2. The number of rotatable bonds is 8. The summed E-state index contributed by atoms with van der Waals surface area (Å²) in [6.45, 7) is 3.50. The molecule has 1 heterocycles. The molecule has 0 atom stereocenters. The van der Waals surface area contributed by atoms with Crippen LogP contribution < -0.4 is 4.72 Å². The Labute approximate surface area is 187 Å². The van der Waals surface area contributed by atoms with Crippen LogP contribution in [0.15, 0.2) is 48.5 Å². The number of aryl methyl sites for hydroxylation is 2. The van der Waals surface area contributed by atoms with Crippen LogP contribution >= 0.6 is 12.2 Å². The molecule has 0 spiro atoms. The molecule has 31 heavy (non-hydrogen) atoms. The van der Waals surface area contributed by atoms with Gasteiger partial charge >= 0.3 is 0 Å². The van der Waals surface area contributed by atoms with Crippen molar-refractivity contribution in [1.29, 1.82) is 0 Å². The molecule has 0 aliphatic carbocycles. The first-order chi connectivity index (χ1) is 14.6. The number of halogens is 1. The molecule has 3 rings (SSSR count). The summed E-state index contributed by atoms with van der Waals surface area (Å²) in [5, 5.41) is 8.81. The molecule has 2 N–H and O–H groups in total. The van der Waals surface area contributed by atoms with E-state index in [1.165, 1.54) is 6.07 Å². The van der Waals surface area contributed by atoms with Gasteiger partial charge < -0.3 is 9.67 Å². The Morgan fingerprint density at radius 2 is 1.81 bits per heavy atom. The van der Waals surface area contributed by atoms with Gasteiger partial charge in [0.25, 0.3) is 0 Å². The summed E-state index contributed by atoms with van der Waals surface area (Å²) in [6, 6.07) is 14.3. The molecular weight excluding hydrogens is 435 g/mol. The minimum atomic E-state index is -3.71. The highest BCUT2D eigenvalue weighted by Gasteiger charge is 2.17. The van der Waals surface area contributed by atoms with Crippen LogP contribution in [0.2, 0.25) is 0 Å². The number of anilines is 1. The predicted octanol–water partition coefficient (Wildman–Crippen LogP) is 3.87. The molecule has 0 aliphatic heterocycles. The van der Waals surface area contributed by atoms with Crippen LogP contribution in [-0.4, -0.2) is 35.3 Å². The van der Waals surface area contributed by atoms with Gasteiger partial charge in [-0.1, -0.05) is 48.1 Å². The SMILES string of the molecule is Cc1ccc(C(=S)c2c(C)cc(Cc3ccc(NS(=O)(=O)CCO)cc3F)n2C)cc1. The van der Waals surface area contributed by atoms with Gasteiger partial charge in [-0.15, -0.1) is 0 Å². The molecular formula is C23H25FN2O3S2. The van der Waals surface area contributed by atoms with Crippen molar-refractivity contribution < 1.29 is 17.9 Å². The monoisotopic (exact) mass is 460 g/mol. The van der Waals surface area contributed by atoms with Crippen LogP contribution in [0.3, 0.4) is 0 Å². The van der Waals surface area contributed by atoms with Gasteiger partial charge in [-0.3, -0.25) is 4.72 Å². The van der Waals surface area contributed by atoms with Crippen LogP contribution in [0.25, 0.3) is 0 Å². The first kappa shape index (κ1) is 23.1. The minimum absolute atomic E-state index is 0.124. The Morgan fingerprint density at radius 1 is 1.13 bits per heavy atom. The summed E-state index contributed by atoms with van der Waals surface area (Å²) in [7, 11) is -1.80. The minimum Gasteiger partial charge on any atom is -0.395 e. The van der Waals surface area contributed by atoms with E-state index in [1.807, 2.05) is 55.8 Å². The normalized spacial score (nSPS) is 11.5. The number of aromatic nitrogens is 1. The van der Waals surface area contributed by atoms with Crippen molar-refractivity contribution in [1.82, 2.24) is 4.57 Å². The van der Waals surface area contributed by atoms with E-state index in [4.69, 9.17) is 17.3 Å². The molecule has 8 heteroatoms. The smallest absolute Gasteiger partial charge is 0.234 e. The number of sulfonamides is 1. The lowest BCUT2D eigenvalue weighted by atomic mass is 10.1. The van der Waals surface area contributed by atoms with Crippen molar-refractivity contribution >= 4 is 32.8 Å². The Kier molecular flexibility index (Phi) is 6.93. The summed E-state index contributed by atoms with van der Waals surface area (Å²) in [6.07, 6.45) is 0.337. The van der Waals surface area contributed by atoms with E-state index in [9.17, 15) is 12.8 Å². The lowest BCUT2D eigenvalue weighted by molar-refractivity contribution is 0.320. The average molecular weight is 461 g/mol. The maximum absolute atomic E-state index is 14.7. The number of nitrogens with one attached hydrogen (secondary N) is 1. The largest absolute Gasteiger partial charge is 0.395 e. The molecule has 0 radical (unpaired) electrons. The van der Waals surface area contributed by atoms with Crippen LogP contribution in [0, 0.1) is 19.7 Å². The molecule has 1 aromatic heterocycles. The maximum atomic E-state index is 14.7. The molecule has 0 bridgehead atoms. The number of benzene rings is 2. The quantitative estimate of drug-likeness (QED) is 0.395. The molecule has 0 amide bonds. The van der Waals surface area contributed by atoms with Crippen LogP contribution in [0.5, 0.6) is 0 Å². The number of thiocarbonyl (C=S) groups is 1. The summed E-state index contributed by atoms with van der Waals surface area (Å²) < 4.78 is 42.4. The molecule has 0 aliphatic rings. The Balaban J connectivity index is 1.84. The van der Waals surface area contributed by atoms with Crippen LogP contribution in [0.4, 0.5) is 10.1 Å². The number of aliphatic hydroxyl groups is 1. The summed E-state index contributed by atoms with van der Waals surface area (Å²) in [4.78, 5) is 0.736. The predicted molar refractivity (Wildman–Crippen MR) is 126 cm³/mol. The fourth-order valence-electron chi connectivity index (χ4n) is 3.47. The molecule has 2 aromatic carbocycles.